The van der Waals surface area contributed by atoms with Gasteiger partial charge in [0.1, 0.15) is 11.5 Å². The fourth-order valence-electron chi connectivity index (χ4n) is 1.80. The molecule has 0 radical (unpaired) electrons. The number of nitriles is 1. The van der Waals surface area contributed by atoms with Crippen molar-refractivity contribution in [2.75, 3.05) is 0 Å². The van der Waals surface area contributed by atoms with E-state index >= 15 is 0 Å². The lowest BCUT2D eigenvalue weighted by atomic mass is 10.1. The summed E-state index contributed by atoms with van der Waals surface area (Å²) in [7, 11) is 0. The second-order valence-corrected chi connectivity index (χ2v) is 4.03. The molecule has 2 aromatic rings. The molecule has 2 heteroatoms. The van der Waals surface area contributed by atoms with E-state index in [1.54, 1.807) is 0 Å². The minimum Gasteiger partial charge on any atom is -0.461 e. The Bertz CT molecular complexity index is 534. The highest BCUT2D eigenvalue weighted by Crippen LogP contribution is 2.25. The highest BCUT2D eigenvalue weighted by Gasteiger charge is 2.08. The van der Waals surface area contributed by atoms with Gasteiger partial charge in [-0.1, -0.05) is 25.5 Å². The normalized spacial score (nSPS) is 10.1. The summed E-state index contributed by atoms with van der Waals surface area (Å²) in [6.07, 6.45) is 3.25. The van der Waals surface area contributed by atoms with Crippen LogP contribution in [0.2, 0.25) is 0 Å². The molecule has 86 valence electrons. The molecule has 0 aliphatic rings. The van der Waals surface area contributed by atoms with Crippen molar-refractivity contribution < 1.29 is 4.42 Å². The largest absolute Gasteiger partial charge is 0.461 e. The fraction of sp³-hybridized carbons (Fsp3) is 0.267. The number of benzene rings is 1. The van der Waals surface area contributed by atoms with E-state index in [2.05, 4.69) is 13.0 Å². The SMILES string of the molecule is CCCCc1ccc(-c2ccccc2C#N)o1. The summed E-state index contributed by atoms with van der Waals surface area (Å²) < 4.78 is 5.76. The first kappa shape index (κ1) is 11.5. The van der Waals surface area contributed by atoms with Crippen molar-refractivity contribution in [3.8, 4) is 17.4 Å². The van der Waals surface area contributed by atoms with Crippen molar-refractivity contribution in [3.05, 3.63) is 47.7 Å². The standard InChI is InChI=1S/C15H15NO/c1-2-3-7-13-9-10-15(17-13)14-8-5-4-6-12(14)11-16/h4-6,8-10H,2-3,7H2,1H3. The molecule has 1 aromatic carbocycles. The molecule has 0 atom stereocenters. The van der Waals surface area contributed by atoms with Crippen molar-refractivity contribution >= 4 is 0 Å². The maximum Gasteiger partial charge on any atom is 0.135 e. The number of aryl methyl sites for hydroxylation is 1. The Morgan fingerprint density at radius 3 is 2.76 bits per heavy atom. The van der Waals surface area contributed by atoms with Crippen LogP contribution in [0.3, 0.4) is 0 Å². The molecule has 0 amide bonds. The van der Waals surface area contributed by atoms with Crippen molar-refractivity contribution in [1.29, 1.82) is 5.26 Å². The molecule has 1 aromatic heterocycles. The van der Waals surface area contributed by atoms with Crippen LogP contribution in [0.5, 0.6) is 0 Å². The predicted octanol–water partition coefficient (Wildman–Crippen LogP) is 4.16. The third kappa shape index (κ3) is 2.57. The second-order valence-electron chi connectivity index (χ2n) is 4.03. The zero-order valence-electron chi connectivity index (χ0n) is 9.94. The summed E-state index contributed by atoms with van der Waals surface area (Å²) in [4.78, 5) is 0. The third-order valence-corrected chi connectivity index (χ3v) is 2.75. The molecule has 2 rings (SSSR count). The first-order chi connectivity index (χ1) is 8.35. The van der Waals surface area contributed by atoms with E-state index in [1.807, 2.05) is 36.4 Å². The smallest absolute Gasteiger partial charge is 0.135 e. The van der Waals surface area contributed by atoms with Crippen LogP contribution in [-0.4, -0.2) is 0 Å². The third-order valence-electron chi connectivity index (χ3n) is 2.75. The average Bonchev–Trinajstić information content (AvgIpc) is 2.85. The van der Waals surface area contributed by atoms with Crippen LogP contribution in [0.1, 0.15) is 31.1 Å². The quantitative estimate of drug-likeness (QED) is 0.783. The zero-order valence-corrected chi connectivity index (χ0v) is 9.94. The number of rotatable bonds is 4. The number of nitrogens with zero attached hydrogens (tertiary/aromatic N) is 1. The van der Waals surface area contributed by atoms with Crippen LogP contribution in [-0.2, 0) is 6.42 Å². The van der Waals surface area contributed by atoms with Crippen molar-refractivity contribution in [2.24, 2.45) is 0 Å². The van der Waals surface area contributed by atoms with E-state index in [9.17, 15) is 0 Å². The van der Waals surface area contributed by atoms with Crippen LogP contribution in [0.25, 0.3) is 11.3 Å². The van der Waals surface area contributed by atoms with Gasteiger partial charge in [-0.25, -0.2) is 0 Å². The lowest BCUT2D eigenvalue weighted by Gasteiger charge is -1.99. The average molecular weight is 225 g/mol. The van der Waals surface area contributed by atoms with E-state index in [-0.39, 0.29) is 0 Å². The Kier molecular flexibility index (Phi) is 3.62. The van der Waals surface area contributed by atoms with Crippen LogP contribution >= 0.6 is 0 Å². The molecule has 0 saturated carbocycles. The summed E-state index contributed by atoms with van der Waals surface area (Å²) in [5, 5.41) is 9.04. The predicted molar refractivity (Wildman–Crippen MR) is 67.5 cm³/mol. The van der Waals surface area contributed by atoms with Gasteiger partial charge in [-0.3, -0.25) is 0 Å². The van der Waals surface area contributed by atoms with E-state index < -0.39 is 0 Å². The van der Waals surface area contributed by atoms with E-state index in [1.165, 1.54) is 0 Å². The van der Waals surface area contributed by atoms with Crippen LogP contribution in [0.15, 0.2) is 40.8 Å². The first-order valence-electron chi connectivity index (χ1n) is 5.93. The lowest BCUT2D eigenvalue weighted by molar-refractivity contribution is 0.512. The molecule has 1 heterocycles. The van der Waals surface area contributed by atoms with Gasteiger partial charge >= 0.3 is 0 Å². The molecule has 0 bridgehead atoms. The van der Waals surface area contributed by atoms with Crippen molar-refractivity contribution in [3.63, 3.8) is 0 Å². The first-order valence-corrected chi connectivity index (χ1v) is 5.93. The van der Waals surface area contributed by atoms with Crippen molar-refractivity contribution in [1.82, 2.24) is 0 Å². The molecule has 0 saturated heterocycles. The van der Waals surface area contributed by atoms with E-state index in [4.69, 9.17) is 9.68 Å². The summed E-state index contributed by atoms with van der Waals surface area (Å²) in [5.41, 5.74) is 1.53. The lowest BCUT2D eigenvalue weighted by Crippen LogP contribution is -1.82. The van der Waals surface area contributed by atoms with Gasteiger partial charge in [-0.15, -0.1) is 0 Å². The van der Waals surface area contributed by atoms with Gasteiger partial charge in [0, 0.05) is 12.0 Å². The minimum atomic E-state index is 0.656. The number of furan rings is 1. The molecule has 0 unspecified atom stereocenters. The Morgan fingerprint density at radius 2 is 2.00 bits per heavy atom. The van der Waals surface area contributed by atoms with Gasteiger partial charge < -0.3 is 4.42 Å². The van der Waals surface area contributed by atoms with Gasteiger partial charge in [-0.05, 0) is 30.7 Å². The Morgan fingerprint density at radius 1 is 1.18 bits per heavy atom. The van der Waals surface area contributed by atoms with E-state index in [0.29, 0.717) is 5.56 Å². The molecule has 17 heavy (non-hydrogen) atoms. The fourth-order valence-corrected chi connectivity index (χ4v) is 1.80. The topological polar surface area (TPSA) is 36.9 Å². The monoisotopic (exact) mass is 225 g/mol. The summed E-state index contributed by atoms with van der Waals surface area (Å²) in [6.45, 7) is 2.16. The molecular formula is C15H15NO. The molecule has 0 fully saturated rings. The van der Waals surface area contributed by atoms with Gasteiger partial charge in [0.25, 0.3) is 0 Å². The zero-order chi connectivity index (χ0) is 12.1. The van der Waals surface area contributed by atoms with Crippen molar-refractivity contribution in [2.45, 2.75) is 26.2 Å². The van der Waals surface area contributed by atoms with Gasteiger partial charge in [-0.2, -0.15) is 5.26 Å². The molecule has 0 aliphatic carbocycles. The number of unbranched alkanes of at least 4 members (excludes halogenated alkanes) is 1. The highest BCUT2D eigenvalue weighted by atomic mass is 16.3. The van der Waals surface area contributed by atoms with Crippen LogP contribution in [0, 0.1) is 11.3 Å². The van der Waals surface area contributed by atoms with Gasteiger partial charge in [0.15, 0.2) is 0 Å². The maximum absolute atomic E-state index is 9.04. The summed E-state index contributed by atoms with van der Waals surface area (Å²) in [5.74, 6) is 1.78. The minimum absolute atomic E-state index is 0.656. The van der Waals surface area contributed by atoms with Crippen LogP contribution < -0.4 is 0 Å². The second kappa shape index (κ2) is 5.36. The van der Waals surface area contributed by atoms with E-state index in [0.717, 1.165) is 36.3 Å². The van der Waals surface area contributed by atoms with Crippen LogP contribution in [0.4, 0.5) is 0 Å². The number of hydrogen-bond donors (Lipinski definition) is 0. The molecule has 0 aliphatic heterocycles. The summed E-state index contributed by atoms with van der Waals surface area (Å²) >= 11 is 0. The maximum atomic E-state index is 9.04. The number of hydrogen-bond acceptors (Lipinski definition) is 2. The molecule has 2 nitrogen and oxygen atoms in total. The van der Waals surface area contributed by atoms with Gasteiger partial charge in [0.05, 0.1) is 11.6 Å². The van der Waals surface area contributed by atoms with Gasteiger partial charge in [0.2, 0.25) is 0 Å². The highest BCUT2D eigenvalue weighted by molar-refractivity contribution is 5.66. The Labute approximate surface area is 102 Å². The molecule has 0 N–H and O–H groups in total. The Hall–Kier alpha value is -2.01. The summed E-state index contributed by atoms with van der Waals surface area (Å²) in [6, 6.07) is 13.6. The molecular weight excluding hydrogens is 210 g/mol. The molecule has 0 spiro atoms. The Balaban J connectivity index is 2.28.